The molecule has 0 atom stereocenters. The molecule has 1 aromatic rings. The molecule has 0 saturated carbocycles. The predicted octanol–water partition coefficient (Wildman–Crippen LogP) is 3.50. The van der Waals surface area contributed by atoms with E-state index >= 15 is 0 Å². The zero-order chi connectivity index (χ0) is 10.8. The molecule has 0 aromatic heterocycles. The van der Waals surface area contributed by atoms with Gasteiger partial charge in [0.15, 0.2) is 6.29 Å². The average Bonchev–Trinajstić information content (AvgIpc) is 2.26. The number of benzene rings is 1. The topological polar surface area (TPSA) is 18.5 Å². The molecule has 2 rings (SSSR count). The number of rotatable bonds is 1. The van der Waals surface area contributed by atoms with Crippen LogP contribution >= 0.6 is 15.9 Å². The van der Waals surface area contributed by atoms with Gasteiger partial charge >= 0.3 is 0 Å². The van der Waals surface area contributed by atoms with Crippen LogP contribution in [0, 0.1) is 13.8 Å². The lowest BCUT2D eigenvalue weighted by Gasteiger charge is -2.24. The van der Waals surface area contributed by atoms with Crippen LogP contribution in [-0.2, 0) is 9.47 Å². The molecule has 3 heteroatoms. The van der Waals surface area contributed by atoms with Crippen molar-refractivity contribution in [2.75, 3.05) is 13.2 Å². The number of hydrogen-bond acceptors (Lipinski definition) is 2. The van der Waals surface area contributed by atoms with Crippen LogP contribution in [-0.4, -0.2) is 13.2 Å². The van der Waals surface area contributed by atoms with Crippen LogP contribution < -0.4 is 0 Å². The maximum Gasteiger partial charge on any atom is 0.183 e. The van der Waals surface area contributed by atoms with Crippen molar-refractivity contribution < 1.29 is 9.47 Å². The van der Waals surface area contributed by atoms with Crippen LogP contribution in [0.4, 0.5) is 0 Å². The minimum atomic E-state index is -0.177. The monoisotopic (exact) mass is 270 g/mol. The predicted molar refractivity (Wildman–Crippen MR) is 62.9 cm³/mol. The van der Waals surface area contributed by atoms with Gasteiger partial charge in [-0.3, -0.25) is 0 Å². The highest BCUT2D eigenvalue weighted by Crippen LogP contribution is 2.29. The van der Waals surface area contributed by atoms with Gasteiger partial charge < -0.3 is 9.47 Å². The SMILES string of the molecule is Cc1cc(C2OCCCO2)cc(C)c1Br. The Bertz CT molecular complexity index is 334. The standard InChI is InChI=1S/C12H15BrO2/c1-8-6-10(7-9(2)11(8)13)12-14-4-3-5-15-12/h6-7,12H,3-5H2,1-2H3. The van der Waals surface area contributed by atoms with Gasteiger partial charge in [-0.15, -0.1) is 0 Å². The van der Waals surface area contributed by atoms with E-state index in [0.717, 1.165) is 25.2 Å². The van der Waals surface area contributed by atoms with Crippen LogP contribution in [0.25, 0.3) is 0 Å². The summed E-state index contributed by atoms with van der Waals surface area (Å²) in [7, 11) is 0. The summed E-state index contributed by atoms with van der Waals surface area (Å²) in [5, 5.41) is 0. The van der Waals surface area contributed by atoms with E-state index in [1.165, 1.54) is 15.6 Å². The molecule has 15 heavy (non-hydrogen) atoms. The second-order valence-electron chi connectivity index (χ2n) is 3.90. The van der Waals surface area contributed by atoms with Gasteiger partial charge in [-0.25, -0.2) is 0 Å². The van der Waals surface area contributed by atoms with Gasteiger partial charge in [-0.1, -0.05) is 15.9 Å². The molecule has 1 heterocycles. The summed E-state index contributed by atoms with van der Waals surface area (Å²) >= 11 is 3.56. The van der Waals surface area contributed by atoms with Crippen molar-refractivity contribution in [2.24, 2.45) is 0 Å². The molecule has 0 amide bonds. The number of ether oxygens (including phenoxy) is 2. The van der Waals surface area contributed by atoms with Gasteiger partial charge in [-0.05, 0) is 43.5 Å². The third-order valence-electron chi connectivity index (χ3n) is 2.56. The summed E-state index contributed by atoms with van der Waals surface area (Å²) in [5.41, 5.74) is 3.57. The summed E-state index contributed by atoms with van der Waals surface area (Å²) in [6, 6.07) is 4.24. The first kappa shape index (κ1) is 11.1. The zero-order valence-corrected chi connectivity index (χ0v) is 10.6. The molecule has 1 aromatic carbocycles. The Balaban J connectivity index is 2.27. The first-order valence-corrected chi connectivity index (χ1v) is 5.97. The van der Waals surface area contributed by atoms with E-state index < -0.39 is 0 Å². The normalized spacial score (nSPS) is 18.1. The maximum atomic E-state index is 5.58. The first-order valence-electron chi connectivity index (χ1n) is 5.18. The van der Waals surface area contributed by atoms with Gasteiger partial charge in [0.2, 0.25) is 0 Å². The second kappa shape index (κ2) is 4.64. The van der Waals surface area contributed by atoms with E-state index in [4.69, 9.17) is 9.47 Å². The van der Waals surface area contributed by atoms with Crippen molar-refractivity contribution in [1.82, 2.24) is 0 Å². The molecule has 1 fully saturated rings. The van der Waals surface area contributed by atoms with Crippen molar-refractivity contribution in [2.45, 2.75) is 26.6 Å². The van der Waals surface area contributed by atoms with Crippen LogP contribution in [0.5, 0.6) is 0 Å². The molecule has 0 unspecified atom stereocenters. The van der Waals surface area contributed by atoms with Gasteiger partial charge in [0.25, 0.3) is 0 Å². The Labute approximate surface area is 98.7 Å². The zero-order valence-electron chi connectivity index (χ0n) is 9.05. The molecule has 0 aliphatic carbocycles. The third kappa shape index (κ3) is 2.41. The Morgan fingerprint density at radius 3 is 2.20 bits per heavy atom. The summed E-state index contributed by atoms with van der Waals surface area (Å²) in [4.78, 5) is 0. The van der Waals surface area contributed by atoms with E-state index in [1.54, 1.807) is 0 Å². The van der Waals surface area contributed by atoms with Gasteiger partial charge in [0.1, 0.15) is 0 Å². The minimum Gasteiger partial charge on any atom is -0.348 e. The first-order chi connectivity index (χ1) is 7.18. The van der Waals surface area contributed by atoms with Crippen molar-refractivity contribution in [3.05, 3.63) is 33.3 Å². The van der Waals surface area contributed by atoms with E-state index in [9.17, 15) is 0 Å². The molecular formula is C12H15BrO2. The number of aryl methyl sites for hydroxylation is 2. The molecule has 0 spiro atoms. The van der Waals surface area contributed by atoms with Crippen LogP contribution in [0.1, 0.15) is 29.4 Å². The molecule has 0 bridgehead atoms. The quantitative estimate of drug-likeness (QED) is 0.778. The number of halogens is 1. The summed E-state index contributed by atoms with van der Waals surface area (Å²) in [6.45, 7) is 5.75. The van der Waals surface area contributed by atoms with Crippen LogP contribution in [0.15, 0.2) is 16.6 Å². The Morgan fingerprint density at radius 1 is 1.13 bits per heavy atom. The summed E-state index contributed by atoms with van der Waals surface area (Å²) in [5.74, 6) is 0. The summed E-state index contributed by atoms with van der Waals surface area (Å²) in [6.07, 6.45) is 0.814. The van der Waals surface area contributed by atoms with Crippen LogP contribution in [0.3, 0.4) is 0 Å². The van der Waals surface area contributed by atoms with Gasteiger partial charge in [0, 0.05) is 10.0 Å². The third-order valence-corrected chi connectivity index (χ3v) is 3.81. The van der Waals surface area contributed by atoms with Gasteiger partial charge in [-0.2, -0.15) is 0 Å². The second-order valence-corrected chi connectivity index (χ2v) is 4.69. The molecule has 82 valence electrons. The smallest absolute Gasteiger partial charge is 0.183 e. The van der Waals surface area contributed by atoms with E-state index in [2.05, 4.69) is 41.9 Å². The van der Waals surface area contributed by atoms with E-state index in [-0.39, 0.29) is 6.29 Å². The van der Waals surface area contributed by atoms with Gasteiger partial charge in [0.05, 0.1) is 13.2 Å². The highest BCUT2D eigenvalue weighted by atomic mass is 79.9. The maximum absolute atomic E-state index is 5.58. The lowest BCUT2D eigenvalue weighted by molar-refractivity contribution is -0.183. The average molecular weight is 271 g/mol. The minimum absolute atomic E-state index is 0.177. The highest BCUT2D eigenvalue weighted by Gasteiger charge is 2.17. The molecule has 1 aliphatic rings. The lowest BCUT2D eigenvalue weighted by Crippen LogP contribution is -2.17. The fourth-order valence-corrected chi connectivity index (χ4v) is 2.02. The molecule has 1 aliphatic heterocycles. The van der Waals surface area contributed by atoms with Crippen molar-refractivity contribution in [3.8, 4) is 0 Å². The molecule has 1 saturated heterocycles. The summed E-state index contributed by atoms with van der Waals surface area (Å²) < 4.78 is 12.3. The Hall–Kier alpha value is -0.380. The van der Waals surface area contributed by atoms with Crippen LogP contribution in [0.2, 0.25) is 0 Å². The number of hydrogen-bond donors (Lipinski definition) is 0. The van der Waals surface area contributed by atoms with E-state index in [0.29, 0.717) is 0 Å². The fraction of sp³-hybridized carbons (Fsp3) is 0.500. The largest absolute Gasteiger partial charge is 0.348 e. The van der Waals surface area contributed by atoms with Crippen molar-refractivity contribution >= 4 is 15.9 Å². The lowest BCUT2D eigenvalue weighted by atomic mass is 10.1. The molecule has 0 radical (unpaired) electrons. The fourth-order valence-electron chi connectivity index (χ4n) is 1.80. The Kier molecular flexibility index (Phi) is 3.44. The highest BCUT2D eigenvalue weighted by molar-refractivity contribution is 9.10. The molecular weight excluding hydrogens is 256 g/mol. The molecule has 2 nitrogen and oxygen atoms in total. The van der Waals surface area contributed by atoms with Crippen molar-refractivity contribution in [3.63, 3.8) is 0 Å². The Morgan fingerprint density at radius 2 is 1.67 bits per heavy atom. The van der Waals surface area contributed by atoms with Crippen molar-refractivity contribution in [1.29, 1.82) is 0 Å². The van der Waals surface area contributed by atoms with E-state index in [1.807, 2.05) is 0 Å². The molecule has 0 N–H and O–H groups in total.